The molecule has 0 radical (unpaired) electrons. The van der Waals surface area contributed by atoms with Gasteiger partial charge in [0.1, 0.15) is 5.75 Å². The first kappa shape index (κ1) is 22.7. The van der Waals surface area contributed by atoms with Crippen LogP contribution in [-0.4, -0.2) is 28.6 Å². The van der Waals surface area contributed by atoms with Crippen LogP contribution in [0.4, 0.5) is 0 Å². The first-order chi connectivity index (χ1) is 15.0. The largest absolute Gasteiger partial charge is 0.494 e. The molecule has 0 spiro atoms. The van der Waals surface area contributed by atoms with E-state index in [1.807, 2.05) is 0 Å². The molecular formula is C22H23BrN2O6. The number of unbranched alkanes of at least 4 members (excludes halogenated alkanes) is 2. The molecule has 164 valence electrons. The van der Waals surface area contributed by atoms with Gasteiger partial charge in [-0.25, -0.2) is 0 Å². The molecular weight excluding hydrogens is 468 g/mol. The topological polar surface area (TPSA) is 105 Å². The summed E-state index contributed by atoms with van der Waals surface area (Å²) in [5, 5.41) is 7.65. The average molecular weight is 491 g/mol. The Kier molecular flexibility index (Phi) is 8.40. The monoisotopic (exact) mass is 490 g/mol. The minimum atomic E-state index is -0.523. The van der Waals surface area contributed by atoms with Gasteiger partial charge in [0.05, 0.1) is 13.0 Å². The Morgan fingerprint density at radius 2 is 1.81 bits per heavy atom. The van der Waals surface area contributed by atoms with Gasteiger partial charge in [-0.3, -0.25) is 9.59 Å². The molecule has 3 aromatic rings. The molecule has 0 aliphatic heterocycles. The first-order valence-corrected chi connectivity index (χ1v) is 10.8. The molecule has 1 aromatic carbocycles. The van der Waals surface area contributed by atoms with Gasteiger partial charge in [-0.2, -0.15) is 0 Å². The van der Waals surface area contributed by atoms with E-state index in [1.54, 1.807) is 36.4 Å². The third-order valence-electron chi connectivity index (χ3n) is 4.36. The van der Waals surface area contributed by atoms with Crippen LogP contribution in [-0.2, 0) is 16.1 Å². The molecule has 3 rings (SSSR count). The molecule has 0 bridgehead atoms. The second kappa shape index (κ2) is 11.5. The number of halogens is 1. The highest BCUT2D eigenvalue weighted by Crippen LogP contribution is 2.24. The van der Waals surface area contributed by atoms with Gasteiger partial charge in [0, 0.05) is 12.0 Å². The van der Waals surface area contributed by atoms with E-state index in [1.165, 1.54) is 0 Å². The predicted octanol–water partition coefficient (Wildman–Crippen LogP) is 5.37. The van der Waals surface area contributed by atoms with Gasteiger partial charge in [-0.05, 0) is 58.7 Å². The zero-order valence-electron chi connectivity index (χ0n) is 17.1. The van der Waals surface area contributed by atoms with Crippen molar-refractivity contribution in [3.63, 3.8) is 0 Å². The first-order valence-electron chi connectivity index (χ1n) is 10.0. The highest BCUT2D eigenvalue weighted by Gasteiger charge is 2.15. The van der Waals surface area contributed by atoms with Gasteiger partial charge < -0.3 is 18.3 Å². The minimum absolute atomic E-state index is 0.0414. The third-order valence-corrected chi connectivity index (χ3v) is 4.78. The predicted molar refractivity (Wildman–Crippen MR) is 115 cm³/mol. The van der Waals surface area contributed by atoms with Crippen LogP contribution in [0.3, 0.4) is 0 Å². The van der Waals surface area contributed by atoms with E-state index in [9.17, 15) is 9.59 Å². The summed E-state index contributed by atoms with van der Waals surface area (Å²) in [4.78, 5) is 24.2. The molecule has 2 aromatic heterocycles. The lowest BCUT2D eigenvalue weighted by molar-refractivity contribution is -0.145. The summed E-state index contributed by atoms with van der Waals surface area (Å²) in [5.74, 6) is 0.789. The number of Topliss-reactive ketones (excluding diaryl/α,β-unsaturated/α-hetero) is 1. The highest BCUT2D eigenvalue weighted by molar-refractivity contribution is 9.10. The van der Waals surface area contributed by atoms with Crippen molar-refractivity contribution in [2.45, 2.75) is 45.6 Å². The lowest BCUT2D eigenvalue weighted by atomic mass is 10.1. The maximum Gasteiger partial charge on any atom is 0.306 e. The van der Waals surface area contributed by atoms with Gasteiger partial charge in [0.25, 0.3) is 11.8 Å². The Bertz CT molecular complexity index is 996. The maximum absolute atomic E-state index is 12.3. The van der Waals surface area contributed by atoms with Crippen molar-refractivity contribution in [2.24, 2.45) is 0 Å². The number of furan rings is 1. The zero-order chi connectivity index (χ0) is 22.1. The van der Waals surface area contributed by atoms with Crippen molar-refractivity contribution in [1.29, 1.82) is 0 Å². The van der Waals surface area contributed by atoms with Crippen molar-refractivity contribution in [1.82, 2.24) is 10.2 Å². The Morgan fingerprint density at radius 3 is 2.52 bits per heavy atom. The Labute approximate surface area is 188 Å². The van der Waals surface area contributed by atoms with Crippen LogP contribution in [0.25, 0.3) is 11.7 Å². The van der Waals surface area contributed by atoms with Gasteiger partial charge in [0.15, 0.2) is 22.8 Å². The summed E-state index contributed by atoms with van der Waals surface area (Å²) >= 11 is 3.19. The summed E-state index contributed by atoms with van der Waals surface area (Å²) in [6.07, 6.45) is 3.27. The van der Waals surface area contributed by atoms with Crippen LogP contribution in [0.1, 0.15) is 55.3 Å². The molecule has 0 saturated carbocycles. The zero-order valence-corrected chi connectivity index (χ0v) is 18.7. The Balaban J connectivity index is 1.39. The van der Waals surface area contributed by atoms with Crippen LogP contribution >= 0.6 is 15.9 Å². The van der Waals surface area contributed by atoms with E-state index in [0.29, 0.717) is 22.6 Å². The normalized spacial score (nSPS) is 10.8. The van der Waals surface area contributed by atoms with E-state index >= 15 is 0 Å². The van der Waals surface area contributed by atoms with Gasteiger partial charge in [-0.1, -0.05) is 19.8 Å². The molecule has 0 N–H and O–H groups in total. The summed E-state index contributed by atoms with van der Waals surface area (Å²) in [6.45, 7) is 2.62. The molecule has 2 heterocycles. The quantitative estimate of drug-likeness (QED) is 0.189. The Morgan fingerprint density at radius 1 is 1.00 bits per heavy atom. The van der Waals surface area contributed by atoms with Crippen molar-refractivity contribution >= 4 is 27.7 Å². The van der Waals surface area contributed by atoms with Crippen LogP contribution in [0.2, 0.25) is 0 Å². The van der Waals surface area contributed by atoms with Crippen molar-refractivity contribution < 1.29 is 27.9 Å². The molecule has 8 nitrogen and oxygen atoms in total. The smallest absolute Gasteiger partial charge is 0.306 e. The minimum Gasteiger partial charge on any atom is -0.494 e. The number of carbonyl (C=O) groups excluding carboxylic acids is 2. The van der Waals surface area contributed by atoms with Crippen molar-refractivity contribution in [3.05, 3.63) is 52.5 Å². The summed E-state index contributed by atoms with van der Waals surface area (Å²) in [6, 6.07) is 10.3. The fraction of sp³-hybridized carbons (Fsp3) is 0.364. The highest BCUT2D eigenvalue weighted by atomic mass is 79.9. The van der Waals surface area contributed by atoms with E-state index in [0.717, 1.165) is 25.0 Å². The number of nitrogens with zero attached hydrogens (tertiary/aromatic N) is 2. The van der Waals surface area contributed by atoms with Gasteiger partial charge >= 0.3 is 5.97 Å². The molecule has 0 saturated heterocycles. The van der Waals surface area contributed by atoms with E-state index in [4.69, 9.17) is 18.3 Å². The number of rotatable bonds is 12. The molecule has 0 unspecified atom stereocenters. The second-order valence-corrected chi connectivity index (χ2v) is 7.55. The molecule has 0 aliphatic rings. The summed E-state index contributed by atoms with van der Waals surface area (Å²) < 4.78 is 22.0. The summed E-state index contributed by atoms with van der Waals surface area (Å²) in [7, 11) is 0. The number of hydrogen-bond acceptors (Lipinski definition) is 8. The number of carbonyl (C=O) groups is 2. The number of ketones is 1. The van der Waals surface area contributed by atoms with E-state index < -0.39 is 5.97 Å². The number of esters is 1. The molecule has 0 aliphatic carbocycles. The molecule has 0 amide bonds. The van der Waals surface area contributed by atoms with Crippen molar-refractivity contribution in [2.75, 3.05) is 6.61 Å². The number of benzene rings is 1. The van der Waals surface area contributed by atoms with Gasteiger partial charge in [0.2, 0.25) is 0 Å². The van der Waals surface area contributed by atoms with Gasteiger partial charge in [-0.15, -0.1) is 10.2 Å². The molecule has 31 heavy (non-hydrogen) atoms. The van der Waals surface area contributed by atoms with Crippen molar-refractivity contribution in [3.8, 4) is 17.4 Å². The Hall–Kier alpha value is -2.94. The van der Waals surface area contributed by atoms with Crippen LogP contribution in [0.15, 0.2) is 49.9 Å². The average Bonchev–Trinajstić information content (AvgIpc) is 3.43. The SMILES string of the molecule is CCCCCOc1ccc(C(=O)CCC(=O)OCc2nnc(-c3ccc(Br)o3)o2)cc1. The molecule has 0 fully saturated rings. The van der Waals surface area contributed by atoms with Crippen LogP contribution < -0.4 is 4.74 Å². The molecule has 9 heteroatoms. The van der Waals surface area contributed by atoms with E-state index in [-0.39, 0.29) is 37.0 Å². The third kappa shape index (κ3) is 7.06. The maximum atomic E-state index is 12.3. The lowest BCUT2D eigenvalue weighted by Crippen LogP contribution is -2.08. The second-order valence-electron chi connectivity index (χ2n) is 6.77. The summed E-state index contributed by atoms with van der Waals surface area (Å²) in [5.41, 5.74) is 0.528. The number of ether oxygens (including phenoxy) is 2. The number of aromatic nitrogens is 2. The van der Waals surface area contributed by atoms with Crippen LogP contribution in [0, 0.1) is 0 Å². The molecule has 0 atom stereocenters. The lowest BCUT2D eigenvalue weighted by Gasteiger charge is -2.07. The fourth-order valence-corrected chi connectivity index (χ4v) is 3.00. The fourth-order valence-electron chi connectivity index (χ4n) is 2.69. The number of hydrogen-bond donors (Lipinski definition) is 0. The van der Waals surface area contributed by atoms with E-state index in [2.05, 4.69) is 33.1 Å². The standard InChI is InChI=1S/C22H23BrN2O6/c1-2-3-4-13-28-16-7-5-15(6-8-16)17(26)9-12-21(27)29-14-20-24-25-22(31-20)18-10-11-19(23)30-18/h5-8,10-11H,2-4,9,12-14H2,1H3. The van der Waals surface area contributed by atoms with Crippen LogP contribution in [0.5, 0.6) is 5.75 Å².